The summed E-state index contributed by atoms with van der Waals surface area (Å²) in [5.74, 6) is -0.210. The molecular formula is C36H45N5O6. The van der Waals surface area contributed by atoms with Crippen LogP contribution in [-0.4, -0.2) is 67.3 Å². The normalized spacial score (nSPS) is 28.7. The second kappa shape index (κ2) is 13.2. The van der Waals surface area contributed by atoms with Crippen molar-refractivity contribution >= 4 is 29.2 Å². The third-order valence-electron chi connectivity index (χ3n) is 10.1. The van der Waals surface area contributed by atoms with Crippen molar-refractivity contribution in [1.29, 1.82) is 0 Å². The quantitative estimate of drug-likeness (QED) is 0.273. The third-order valence-corrected chi connectivity index (χ3v) is 10.1. The zero-order valence-corrected chi connectivity index (χ0v) is 28.0. The van der Waals surface area contributed by atoms with Gasteiger partial charge in [0.15, 0.2) is 0 Å². The van der Waals surface area contributed by atoms with Crippen LogP contribution < -0.4 is 9.47 Å². The standard InChI is InChI=1S/C36H45N5O6/c1-22-30(20-42)41-19-31(22)46-33-28(39-27-12-11-25(15-29(27)40-33)45-21-24-18-37-13-14-38-24)10-8-6-7-9-23-17-36(23,5)47-32(43)16-26(34(41)44)35(2,3)4/h11-15,18,20,22-23,26,30-31H,6-10,16-17,19,21H2,1-5H3/t22-,23+,26+,30+,31-,36+/m0/s1. The summed E-state index contributed by atoms with van der Waals surface area (Å²) in [6.07, 6.45) is 10.6. The predicted octanol–water partition coefficient (Wildman–Crippen LogP) is 5.28. The first kappa shape index (κ1) is 32.8. The number of fused-ring (bicyclic) bond motifs is 5. The molecule has 1 aromatic carbocycles. The van der Waals surface area contributed by atoms with Crippen molar-refractivity contribution in [3.05, 3.63) is 48.2 Å². The van der Waals surface area contributed by atoms with Gasteiger partial charge >= 0.3 is 5.97 Å². The third kappa shape index (κ3) is 7.23. The van der Waals surface area contributed by atoms with Crippen LogP contribution in [0.2, 0.25) is 0 Å². The Labute approximate surface area is 275 Å². The van der Waals surface area contributed by atoms with Crippen LogP contribution in [0.1, 0.15) is 84.5 Å². The molecule has 4 heterocycles. The van der Waals surface area contributed by atoms with E-state index in [2.05, 4.69) is 9.97 Å². The number of aromatic nitrogens is 4. The van der Waals surface area contributed by atoms with Gasteiger partial charge in [0.25, 0.3) is 0 Å². The molecule has 3 aromatic rings. The predicted molar refractivity (Wildman–Crippen MR) is 173 cm³/mol. The highest BCUT2D eigenvalue weighted by Gasteiger charge is 2.54. The van der Waals surface area contributed by atoms with Crippen molar-refractivity contribution in [3.63, 3.8) is 0 Å². The number of nitrogens with zero attached hydrogens (tertiary/aromatic N) is 5. The molecule has 0 N–H and O–H groups in total. The van der Waals surface area contributed by atoms with Crippen molar-refractivity contribution in [2.45, 2.75) is 104 Å². The van der Waals surface area contributed by atoms with E-state index in [1.807, 2.05) is 52.8 Å². The van der Waals surface area contributed by atoms with E-state index in [9.17, 15) is 14.4 Å². The van der Waals surface area contributed by atoms with Crippen LogP contribution in [0.3, 0.4) is 0 Å². The molecule has 250 valence electrons. The molecule has 3 aliphatic rings. The minimum atomic E-state index is -0.696. The molecule has 1 amide bonds. The Balaban J connectivity index is 1.31. The fourth-order valence-electron chi connectivity index (χ4n) is 6.93. The highest BCUT2D eigenvalue weighted by molar-refractivity contribution is 5.87. The highest BCUT2D eigenvalue weighted by atomic mass is 16.6. The van der Waals surface area contributed by atoms with E-state index in [0.717, 1.165) is 49.6 Å². The van der Waals surface area contributed by atoms with E-state index >= 15 is 0 Å². The van der Waals surface area contributed by atoms with E-state index in [-0.39, 0.29) is 37.4 Å². The van der Waals surface area contributed by atoms with Gasteiger partial charge in [-0.25, -0.2) is 9.97 Å². The lowest BCUT2D eigenvalue weighted by Gasteiger charge is -2.34. The van der Waals surface area contributed by atoms with Crippen LogP contribution in [0.25, 0.3) is 11.0 Å². The SMILES string of the molecule is C[C@@H]1[C@@H]2CN(C(=O)[C@H](C(C)(C)C)CC(=O)O[C@]3(C)C[C@H]3CCCCCc3nc4ccc(OCc5cnccn5)cc4nc3O2)[C@@H]1C=O. The van der Waals surface area contributed by atoms with Gasteiger partial charge in [-0.15, -0.1) is 0 Å². The number of aldehydes is 1. The minimum absolute atomic E-state index is 0.0336. The molecule has 2 aliphatic heterocycles. The average molecular weight is 644 g/mol. The molecule has 6 rings (SSSR count). The minimum Gasteiger partial charge on any atom is -0.487 e. The molecule has 0 spiro atoms. The first-order valence-corrected chi connectivity index (χ1v) is 16.8. The number of carbonyl (C=O) groups excluding carboxylic acids is 3. The summed E-state index contributed by atoms with van der Waals surface area (Å²) in [5, 5.41) is 0. The fourth-order valence-corrected chi connectivity index (χ4v) is 6.93. The number of ether oxygens (including phenoxy) is 3. The Morgan fingerprint density at radius 1 is 1.11 bits per heavy atom. The van der Waals surface area contributed by atoms with Crippen LogP contribution in [0.5, 0.6) is 11.6 Å². The van der Waals surface area contributed by atoms with Gasteiger partial charge in [-0.05, 0) is 50.2 Å². The number of aryl methyl sites for hydroxylation is 1. The second-order valence-electron chi connectivity index (χ2n) is 14.7. The number of rotatable bonds is 4. The summed E-state index contributed by atoms with van der Waals surface area (Å²) in [5.41, 5.74) is 1.80. The van der Waals surface area contributed by atoms with Crippen LogP contribution in [0.15, 0.2) is 36.8 Å². The maximum atomic E-state index is 14.2. The Morgan fingerprint density at radius 3 is 2.68 bits per heavy atom. The van der Waals surface area contributed by atoms with Gasteiger partial charge in [-0.1, -0.05) is 40.5 Å². The van der Waals surface area contributed by atoms with E-state index in [4.69, 9.17) is 24.2 Å². The molecule has 2 aromatic heterocycles. The number of carbonyl (C=O) groups is 3. The van der Waals surface area contributed by atoms with Gasteiger partial charge in [0.05, 0.1) is 47.8 Å². The Hall–Kier alpha value is -4.15. The molecule has 1 saturated heterocycles. The topological polar surface area (TPSA) is 134 Å². The Morgan fingerprint density at radius 2 is 1.94 bits per heavy atom. The van der Waals surface area contributed by atoms with Gasteiger partial charge in [0.2, 0.25) is 11.8 Å². The Kier molecular flexibility index (Phi) is 9.18. The molecule has 2 fully saturated rings. The Bertz CT molecular complexity index is 1630. The lowest BCUT2D eigenvalue weighted by molar-refractivity contribution is -0.158. The van der Waals surface area contributed by atoms with E-state index in [1.54, 1.807) is 23.5 Å². The van der Waals surface area contributed by atoms with Crippen LogP contribution >= 0.6 is 0 Å². The molecule has 11 heteroatoms. The largest absolute Gasteiger partial charge is 0.487 e. The van der Waals surface area contributed by atoms with Gasteiger partial charge in [0, 0.05) is 30.3 Å². The fraction of sp³-hybridized carbons (Fsp3) is 0.583. The van der Waals surface area contributed by atoms with Gasteiger partial charge < -0.3 is 23.9 Å². The summed E-state index contributed by atoms with van der Waals surface area (Å²) in [7, 11) is 0. The molecule has 1 saturated carbocycles. The number of esters is 1. The zero-order valence-electron chi connectivity index (χ0n) is 28.0. The van der Waals surface area contributed by atoms with E-state index in [0.29, 0.717) is 35.2 Å². The van der Waals surface area contributed by atoms with Gasteiger partial charge in [-0.2, -0.15) is 0 Å². The van der Waals surface area contributed by atoms with Gasteiger partial charge in [-0.3, -0.25) is 19.6 Å². The first-order valence-electron chi connectivity index (χ1n) is 16.8. The zero-order chi connectivity index (χ0) is 33.3. The molecule has 11 nitrogen and oxygen atoms in total. The highest BCUT2D eigenvalue weighted by Crippen LogP contribution is 2.50. The number of amides is 1. The smallest absolute Gasteiger partial charge is 0.307 e. The van der Waals surface area contributed by atoms with Crippen LogP contribution in [-0.2, 0) is 32.1 Å². The lowest BCUT2D eigenvalue weighted by atomic mass is 9.77. The second-order valence-corrected chi connectivity index (χ2v) is 14.7. The first-order chi connectivity index (χ1) is 22.4. The summed E-state index contributed by atoms with van der Waals surface area (Å²) < 4.78 is 18.6. The van der Waals surface area contributed by atoms with Gasteiger partial charge in [0.1, 0.15) is 36.0 Å². The molecule has 0 unspecified atom stereocenters. The van der Waals surface area contributed by atoms with E-state index in [1.165, 1.54) is 0 Å². The molecule has 47 heavy (non-hydrogen) atoms. The number of hydrogen-bond acceptors (Lipinski definition) is 10. The van der Waals surface area contributed by atoms with Crippen LogP contribution in [0, 0.1) is 23.2 Å². The molecule has 2 bridgehead atoms. The summed E-state index contributed by atoms with van der Waals surface area (Å²) >= 11 is 0. The monoisotopic (exact) mass is 643 g/mol. The maximum Gasteiger partial charge on any atom is 0.307 e. The van der Waals surface area contributed by atoms with Crippen molar-refractivity contribution in [2.75, 3.05) is 6.54 Å². The van der Waals surface area contributed by atoms with Crippen LogP contribution in [0.4, 0.5) is 0 Å². The van der Waals surface area contributed by atoms with Crippen molar-refractivity contribution in [1.82, 2.24) is 24.8 Å². The summed E-state index contributed by atoms with van der Waals surface area (Å²) in [6, 6.07) is 4.89. The van der Waals surface area contributed by atoms with Crippen molar-refractivity contribution < 1.29 is 28.6 Å². The molecular weight excluding hydrogens is 598 g/mol. The van der Waals surface area contributed by atoms with Crippen molar-refractivity contribution in [2.24, 2.45) is 23.2 Å². The van der Waals surface area contributed by atoms with E-state index < -0.39 is 29.1 Å². The summed E-state index contributed by atoms with van der Waals surface area (Å²) in [6.45, 7) is 10.2. The number of hydrogen-bond donors (Lipinski definition) is 0. The summed E-state index contributed by atoms with van der Waals surface area (Å²) in [4.78, 5) is 59.7. The average Bonchev–Trinajstić information content (AvgIpc) is 3.56. The molecule has 6 atom stereocenters. The maximum absolute atomic E-state index is 14.2. The lowest BCUT2D eigenvalue weighted by Crippen LogP contribution is -2.46. The molecule has 1 aliphatic carbocycles. The molecule has 0 radical (unpaired) electrons. The van der Waals surface area contributed by atoms with Crippen molar-refractivity contribution in [3.8, 4) is 11.6 Å². The number of benzene rings is 1.